The molecule has 0 saturated carbocycles. The van der Waals surface area contributed by atoms with Gasteiger partial charge in [-0.15, -0.1) is 0 Å². The zero-order valence-electron chi connectivity index (χ0n) is 11.9. The Labute approximate surface area is 118 Å². The minimum atomic E-state index is -1.03. The SMILES string of the molecule is CCc1ccc(C(=O)N2CC(=O)NC(=O)C2(C)C)cc1. The Hall–Kier alpha value is -2.17. The van der Waals surface area contributed by atoms with E-state index in [-0.39, 0.29) is 12.5 Å². The van der Waals surface area contributed by atoms with Crippen molar-refractivity contribution in [2.75, 3.05) is 6.54 Å². The quantitative estimate of drug-likeness (QED) is 0.822. The van der Waals surface area contributed by atoms with Crippen LogP contribution in [0.25, 0.3) is 0 Å². The molecule has 1 aromatic rings. The molecule has 0 unspecified atom stereocenters. The van der Waals surface area contributed by atoms with E-state index in [0.717, 1.165) is 12.0 Å². The molecule has 0 bridgehead atoms. The van der Waals surface area contributed by atoms with Crippen molar-refractivity contribution < 1.29 is 14.4 Å². The van der Waals surface area contributed by atoms with E-state index in [9.17, 15) is 14.4 Å². The molecule has 3 amide bonds. The van der Waals surface area contributed by atoms with Gasteiger partial charge in [-0.3, -0.25) is 19.7 Å². The monoisotopic (exact) mass is 274 g/mol. The van der Waals surface area contributed by atoms with Gasteiger partial charge in [0, 0.05) is 5.56 Å². The summed E-state index contributed by atoms with van der Waals surface area (Å²) in [5.41, 5.74) is 0.583. The summed E-state index contributed by atoms with van der Waals surface area (Å²) in [6.45, 7) is 5.20. The molecule has 20 heavy (non-hydrogen) atoms. The number of nitrogens with one attached hydrogen (secondary N) is 1. The van der Waals surface area contributed by atoms with Gasteiger partial charge >= 0.3 is 0 Å². The summed E-state index contributed by atoms with van der Waals surface area (Å²) in [6.07, 6.45) is 0.893. The highest BCUT2D eigenvalue weighted by molar-refractivity contribution is 6.08. The van der Waals surface area contributed by atoms with Crippen molar-refractivity contribution in [3.8, 4) is 0 Å². The Kier molecular flexibility index (Phi) is 3.61. The van der Waals surface area contributed by atoms with E-state index in [1.165, 1.54) is 4.90 Å². The van der Waals surface area contributed by atoms with Crippen molar-refractivity contribution in [3.05, 3.63) is 35.4 Å². The first-order valence-corrected chi connectivity index (χ1v) is 6.61. The van der Waals surface area contributed by atoms with E-state index in [0.29, 0.717) is 5.56 Å². The third-order valence-corrected chi connectivity index (χ3v) is 3.64. The second kappa shape index (κ2) is 5.07. The van der Waals surface area contributed by atoms with Gasteiger partial charge in [0.2, 0.25) is 5.91 Å². The first kappa shape index (κ1) is 14.2. The van der Waals surface area contributed by atoms with Gasteiger partial charge in [-0.25, -0.2) is 0 Å². The summed E-state index contributed by atoms with van der Waals surface area (Å²) in [7, 11) is 0. The molecular weight excluding hydrogens is 256 g/mol. The molecule has 0 radical (unpaired) electrons. The number of rotatable bonds is 2. The smallest absolute Gasteiger partial charge is 0.255 e. The summed E-state index contributed by atoms with van der Waals surface area (Å²) in [5, 5.41) is 2.25. The van der Waals surface area contributed by atoms with Crippen LogP contribution in [0.2, 0.25) is 0 Å². The number of imide groups is 1. The number of hydrogen-bond acceptors (Lipinski definition) is 3. The molecule has 1 fully saturated rings. The first-order chi connectivity index (χ1) is 9.36. The van der Waals surface area contributed by atoms with Crippen LogP contribution in [0.3, 0.4) is 0 Å². The fraction of sp³-hybridized carbons (Fsp3) is 0.400. The summed E-state index contributed by atoms with van der Waals surface area (Å²) < 4.78 is 0. The summed E-state index contributed by atoms with van der Waals surface area (Å²) in [5.74, 6) is -1.21. The number of benzene rings is 1. The lowest BCUT2D eigenvalue weighted by molar-refractivity contribution is -0.143. The molecule has 1 aromatic carbocycles. The first-order valence-electron chi connectivity index (χ1n) is 6.61. The number of amides is 3. The average molecular weight is 274 g/mol. The van der Waals surface area contributed by atoms with Crippen molar-refractivity contribution >= 4 is 17.7 Å². The van der Waals surface area contributed by atoms with Crippen molar-refractivity contribution in [2.24, 2.45) is 0 Å². The molecule has 5 nitrogen and oxygen atoms in total. The van der Waals surface area contributed by atoms with E-state index in [1.807, 2.05) is 19.1 Å². The molecule has 1 heterocycles. The van der Waals surface area contributed by atoms with E-state index < -0.39 is 17.4 Å². The number of carbonyl (C=O) groups is 3. The van der Waals surface area contributed by atoms with Crippen molar-refractivity contribution in [2.45, 2.75) is 32.7 Å². The predicted molar refractivity (Wildman–Crippen MR) is 74.1 cm³/mol. The zero-order chi connectivity index (χ0) is 14.9. The normalized spacial score (nSPS) is 17.9. The van der Waals surface area contributed by atoms with Crippen LogP contribution >= 0.6 is 0 Å². The molecule has 106 valence electrons. The Bertz CT molecular complexity index is 561. The number of nitrogens with zero attached hydrogens (tertiary/aromatic N) is 1. The number of carbonyl (C=O) groups excluding carboxylic acids is 3. The van der Waals surface area contributed by atoms with E-state index in [2.05, 4.69) is 5.32 Å². The van der Waals surface area contributed by atoms with Gasteiger partial charge < -0.3 is 4.90 Å². The average Bonchev–Trinajstić information content (AvgIpc) is 2.42. The third kappa shape index (κ3) is 2.43. The van der Waals surface area contributed by atoms with E-state index >= 15 is 0 Å². The maximum Gasteiger partial charge on any atom is 0.255 e. The summed E-state index contributed by atoms with van der Waals surface area (Å²) in [6, 6.07) is 7.22. The largest absolute Gasteiger partial charge is 0.315 e. The lowest BCUT2D eigenvalue weighted by Gasteiger charge is -2.40. The van der Waals surface area contributed by atoms with Crippen molar-refractivity contribution in [1.29, 1.82) is 0 Å². The highest BCUT2D eigenvalue weighted by atomic mass is 16.2. The van der Waals surface area contributed by atoms with Crippen molar-refractivity contribution in [1.82, 2.24) is 10.2 Å². The van der Waals surface area contributed by atoms with Crippen molar-refractivity contribution in [3.63, 3.8) is 0 Å². The van der Waals surface area contributed by atoms with Gasteiger partial charge in [0.05, 0.1) is 0 Å². The molecular formula is C15H18N2O3. The standard InChI is InChI=1S/C15H18N2O3/c1-4-10-5-7-11(8-6-10)13(19)17-9-12(18)16-14(20)15(17,2)3/h5-8H,4,9H2,1-3H3,(H,16,18,20). The van der Waals surface area contributed by atoms with Gasteiger partial charge in [-0.1, -0.05) is 19.1 Å². The third-order valence-electron chi connectivity index (χ3n) is 3.64. The van der Waals surface area contributed by atoms with Crippen LogP contribution in [0, 0.1) is 0 Å². The Morgan fingerprint density at radius 2 is 1.85 bits per heavy atom. The topological polar surface area (TPSA) is 66.5 Å². The lowest BCUT2D eigenvalue weighted by Crippen LogP contribution is -2.65. The molecule has 2 rings (SSSR count). The fourth-order valence-corrected chi connectivity index (χ4v) is 2.15. The van der Waals surface area contributed by atoms with Crippen LogP contribution in [-0.4, -0.2) is 34.7 Å². The second-order valence-corrected chi connectivity index (χ2v) is 5.38. The maximum absolute atomic E-state index is 12.5. The van der Waals surface area contributed by atoms with Crippen LogP contribution < -0.4 is 5.32 Å². The molecule has 5 heteroatoms. The minimum Gasteiger partial charge on any atom is -0.315 e. The Balaban J connectivity index is 2.30. The molecule has 1 aliphatic rings. The highest BCUT2D eigenvalue weighted by Gasteiger charge is 2.43. The summed E-state index contributed by atoms with van der Waals surface area (Å²) >= 11 is 0. The maximum atomic E-state index is 12.5. The number of piperazine rings is 1. The summed E-state index contributed by atoms with van der Waals surface area (Å²) in [4.78, 5) is 37.1. The zero-order valence-corrected chi connectivity index (χ0v) is 11.9. The molecule has 0 aliphatic carbocycles. The number of hydrogen-bond donors (Lipinski definition) is 1. The second-order valence-electron chi connectivity index (χ2n) is 5.38. The Morgan fingerprint density at radius 1 is 1.25 bits per heavy atom. The highest BCUT2D eigenvalue weighted by Crippen LogP contribution is 2.21. The van der Waals surface area contributed by atoms with Crippen LogP contribution in [0.15, 0.2) is 24.3 Å². The van der Waals surface area contributed by atoms with E-state index in [4.69, 9.17) is 0 Å². The predicted octanol–water partition coefficient (Wildman–Crippen LogP) is 1.13. The van der Waals surface area contributed by atoms with Gasteiger partial charge in [0.25, 0.3) is 11.8 Å². The molecule has 1 aliphatic heterocycles. The van der Waals surface area contributed by atoms with Gasteiger partial charge in [0.1, 0.15) is 12.1 Å². The van der Waals surface area contributed by atoms with Crippen LogP contribution in [0.4, 0.5) is 0 Å². The lowest BCUT2D eigenvalue weighted by atomic mass is 9.97. The van der Waals surface area contributed by atoms with Gasteiger partial charge in [-0.2, -0.15) is 0 Å². The fourth-order valence-electron chi connectivity index (χ4n) is 2.15. The minimum absolute atomic E-state index is 0.104. The van der Waals surface area contributed by atoms with Gasteiger partial charge in [0.15, 0.2) is 0 Å². The molecule has 0 aromatic heterocycles. The molecule has 0 spiro atoms. The molecule has 1 saturated heterocycles. The number of aryl methyl sites for hydroxylation is 1. The Morgan fingerprint density at radius 3 is 2.40 bits per heavy atom. The van der Waals surface area contributed by atoms with Gasteiger partial charge in [-0.05, 0) is 38.0 Å². The van der Waals surface area contributed by atoms with Crippen LogP contribution in [0.5, 0.6) is 0 Å². The van der Waals surface area contributed by atoms with Crippen LogP contribution in [0.1, 0.15) is 36.7 Å². The molecule has 1 N–H and O–H groups in total. The molecule has 0 atom stereocenters. The van der Waals surface area contributed by atoms with E-state index in [1.54, 1.807) is 26.0 Å². The van der Waals surface area contributed by atoms with Crippen LogP contribution in [-0.2, 0) is 16.0 Å².